The van der Waals surface area contributed by atoms with Crippen LogP contribution in [0, 0.1) is 9.39 Å². The summed E-state index contributed by atoms with van der Waals surface area (Å²) in [6, 6.07) is 16.9. The molecule has 36 heavy (non-hydrogen) atoms. The first-order chi connectivity index (χ1) is 17.2. The summed E-state index contributed by atoms with van der Waals surface area (Å²) in [4.78, 5) is 21.6. The number of rotatable bonds is 6. The average Bonchev–Trinajstić information content (AvgIpc) is 2.84. The number of hydrogen-bond acceptors (Lipinski definition) is 3. The van der Waals surface area contributed by atoms with E-state index in [0.717, 1.165) is 15.7 Å². The highest BCUT2D eigenvalue weighted by atomic mass is 127. The maximum atomic E-state index is 14.6. The molecule has 0 saturated heterocycles. The minimum atomic E-state index is -4.80. The third-order valence-electron chi connectivity index (χ3n) is 5.44. The summed E-state index contributed by atoms with van der Waals surface area (Å²) in [7, 11) is 0. The minimum absolute atomic E-state index is 0.00262. The number of carbonyl (C=O) groups excluding carboxylic acids is 1. The van der Waals surface area contributed by atoms with Crippen LogP contribution >= 0.6 is 22.6 Å². The van der Waals surface area contributed by atoms with E-state index < -0.39 is 29.1 Å². The van der Waals surface area contributed by atoms with E-state index in [2.05, 4.69) is 20.6 Å². The van der Waals surface area contributed by atoms with Crippen molar-refractivity contribution in [2.75, 3.05) is 5.32 Å². The van der Waals surface area contributed by atoms with Crippen LogP contribution in [0.1, 0.15) is 22.4 Å². The number of aromatic nitrogens is 2. The first kappa shape index (κ1) is 25.5. The molecule has 4 aromatic rings. The van der Waals surface area contributed by atoms with Gasteiger partial charge in [0.25, 0.3) is 0 Å². The van der Waals surface area contributed by atoms with Crippen molar-refractivity contribution in [3.8, 4) is 0 Å². The maximum absolute atomic E-state index is 14.6. The van der Waals surface area contributed by atoms with Crippen LogP contribution in [0.4, 0.5) is 28.0 Å². The number of amides is 2. The smallest absolute Gasteiger partial charge is 0.322 e. The molecule has 1 atom stereocenters. The van der Waals surface area contributed by atoms with E-state index in [1.807, 2.05) is 22.6 Å². The van der Waals surface area contributed by atoms with E-state index in [0.29, 0.717) is 17.3 Å². The summed E-state index contributed by atoms with van der Waals surface area (Å²) >= 11 is 2.05. The van der Waals surface area contributed by atoms with Crippen LogP contribution in [0.5, 0.6) is 0 Å². The quantitative estimate of drug-likeness (QED) is 0.194. The Labute approximate surface area is 218 Å². The molecule has 184 valence electrons. The molecule has 0 aliphatic carbocycles. The predicted octanol–water partition coefficient (Wildman–Crippen LogP) is 6.55. The van der Waals surface area contributed by atoms with Gasteiger partial charge in [-0.15, -0.1) is 0 Å². The van der Waals surface area contributed by atoms with Crippen molar-refractivity contribution in [3.05, 3.63) is 123 Å². The van der Waals surface area contributed by atoms with Gasteiger partial charge in [-0.05, 0) is 76.2 Å². The summed E-state index contributed by atoms with van der Waals surface area (Å²) in [6.45, 7) is 0. The van der Waals surface area contributed by atoms with Crippen LogP contribution in [0.3, 0.4) is 0 Å². The number of halogens is 5. The zero-order valence-corrected chi connectivity index (χ0v) is 20.7. The lowest BCUT2D eigenvalue weighted by Crippen LogP contribution is -2.50. The van der Waals surface area contributed by atoms with Crippen LogP contribution in [-0.2, 0) is 18.1 Å². The Hall–Kier alpha value is -3.54. The van der Waals surface area contributed by atoms with E-state index in [-0.39, 0.29) is 17.7 Å². The van der Waals surface area contributed by atoms with E-state index in [9.17, 15) is 22.4 Å². The molecule has 2 aromatic heterocycles. The summed E-state index contributed by atoms with van der Waals surface area (Å²) in [5, 5.41) is 5.44. The number of nitrogens with one attached hydrogen (secondary N) is 2. The molecule has 5 nitrogen and oxygen atoms in total. The highest BCUT2D eigenvalue weighted by Gasteiger charge is 2.41. The van der Waals surface area contributed by atoms with E-state index in [1.165, 1.54) is 18.6 Å². The third-order valence-corrected chi connectivity index (χ3v) is 6.08. The SMILES string of the molecule is O=C(Nc1cccnc1)N[C@](Cc1ccccc1)(c1cc(F)cc(C(F)(F)F)c1)c1ccc(I)cn1. The Morgan fingerprint density at radius 3 is 2.31 bits per heavy atom. The van der Waals surface area contributed by atoms with Crippen molar-refractivity contribution >= 4 is 34.3 Å². The van der Waals surface area contributed by atoms with Crippen molar-refractivity contribution in [2.45, 2.75) is 18.1 Å². The molecule has 2 amide bonds. The molecule has 2 N–H and O–H groups in total. The molecule has 0 aliphatic rings. The van der Waals surface area contributed by atoms with Crippen molar-refractivity contribution in [1.82, 2.24) is 15.3 Å². The van der Waals surface area contributed by atoms with Gasteiger partial charge in [0.15, 0.2) is 0 Å². The fraction of sp³-hybridized carbons (Fsp3) is 0.115. The Balaban J connectivity index is 1.91. The number of nitrogens with zero attached hydrogens (tertiary/aromatic N) is 2. The predicted molar refractivity (Wildman–Crippen MR) is 136 cm³/mol. The summed E-state index contributed by atoms with van der Waals surface area (Å²) in [6.07, 6.45) is -0.315. The van der Waals surface area contributed by atoms with Gasteiger partial charge in [0.05, 0.1) is 23.1 Å². The second-order valence-electron chi connectivity index (χ2n) is 7.98. The molecule has 0 unspecified atom stereocenters. The standard InChI is InChI=1S/C26H19F4IN4O/c27-20-12-18(11-19(13-20)26(28,29)30)25(14-17-5-2-1-3-6-17,23-9-8-21(31)15-33-23)35-24(36)34-22-7-4-10-32-16-22/h1-13,15-16H,14H2,(H2,34,35,36)/t25-/m1/s1. The van der Waals surface area contributed by atoms with Crippen LogP contribution in [-0.4, -0.2) is 16.0 Å². The zero-order chi connectivity index (χ0) is 25.8. The van der Waals surface area contributed by atoms with Crippen LogP contribution < -0.4 is 10.6 Å². The number of alkyl halides is 3. The molecule has 2 heterocycles. The first-order valence-corrected chi connectivity index (χ1v) is 11.8. The molecule has 0 fully saturated rings. The number of benzene rings is 2. The molecule has 0 radical (unpaired) electrons. The number of hydrogen-bond donors (Lipinski definition) is 2. The Morgan fingerprint density at radius 1 is 0.917 bits per heavy atom. The summed E-state index contributed by atoms with van der Waals surface area (Å²) in [5.74, 6) is -1.09. The molecule has 0 bridgehead atoms. The molecule has 0 saturated carbocycles. The van der Waals surface area contributed by atoms with Crippen molar-refractivity contribution in [3.63, 3.8) is 0 Å². The highest BCUT2D eigenvalue weighted by Crippen LogP contribution is 2.37. The van der Waals surface area contributed by atoms with Gasteiger partial charge in [-0.3, -0.25) is 9.97 Å². The zero-order valence-electron chi connectivity index (χ0n) is 18.6. The van der Waals surface area contributed by atoms with Gasteiger partial charge in [-0.25, -0.2) is 9.18 Å². The lowest BCUT2D eigenvalue weighted by Gasteiger charge is -2.36. The van der Waals surface area contributed by atoms with Gasteiger partial charge in [-0.2, -0.15) is 13.2 Å². The second kappa shape index (κ2) is 10.6. The van der Waals surface area contributed by atoms with E-state index in [4.69, 9.17) is 0 Å². The fourth-order valence-electron chi connectivity index (χ4n) is 3.84. The van der Waals surface area contributed by atoms with Gasteiger partial charge in [-0.1, -0.05) is 30.3 Å². The van der Waals surface area contributed by atoms with Gasteiger partial charge in [0.2, 0.25) is 0 Å². The molecule has 4 rings (SSSR count). The number of pyridine rings is 2. The molecular formula is C26H19F4IN4O. The topological polar surface area (TPSA) is 66.9 Å². The average molecular weight is 606 g/mol. The normalized spacial score (nSPS) is 13.0. The van der Waals surface area contributed by atoms with Gasteiger partial charge in [0.1, 0.15) is 11.4 Å². The van der Waals surface area contributed by atoms with Crippen molar-refractivity contribution in [1.29, 1.82) is 0 Å². The maximum Gasteiger partial charge on any atom is 0.416 e. The number of urea groups is 1. The van der Waals surface area contributed by atoms with Gasteiger partial charge >= 0.3 is 12.2 Å². The first-order valence-electron chi connectivity index (χ1n) is 10.7. The molecular weight excluding hydrogens is 587 g/mol. The number of carbonyl (C=O) groups is 1. The Kier molecular flexibility index (Phi) is 7.53. The third kappa shape index (κ3) is 5.99. The van der Waals surface area contributed by atoms with Crippen LogP contribution in [0.2, 0.25) is 0 Å². The van der Waals surface area contributed by atoms with Crippen LogP contribution in [0.25, 0.3) is 0 Å². The monoisotopic (exact) mass is 606 g/mol. The van der Waals surface area contributed by atoms with Crippen molar-refractivity contribution in [2.24, 2.45) is 0 Å². The number of anilines is 1. The molecule has 0 aliphatic heterocycles. The summed E-state index contributed by atoms with van der Waals surface area (Å²) < 4.78 is 56.4. The van der Waals surface area contributed by atoms with Gasteiger partial charge in [0, 0.05) is 22.4 Å². The lowest BCUT2D eigenvalue weighted by molar-refractivity contribution is -0.137. The Morgan fingerprint density at radius 2 is 1.67 bits per heavy atom. The Bertz CT molecular complexity index is 1340. The minimum Gasteiger partial charge on any atom is -0.322 e. The largest absolute Gasteiger partial charge is 0.416 e. The second-order valence-corrected chi connectivity index (χ2v) is 9.22. The highest BCUT2D eigenvalue weighted by molar-refractivity contribution is 14.1. The lowest BCUT2D eigenvalue weighted by atomic mass is 9.80. The van der Waals surface area contributed by atoms with E-state index >= 15 is 0 Å². The molecule has 0 spiro atoms. The van der Waals surface area contributed by atoms with E-state index in [1.54, 1.807) is 54.6 Å². The summed E-state index contributed by atoms with van der Waals surface area (Å²) in [5.41, 5.74) is -1.62. The van der Waals surface area contributed by atoms with Crippen LogP contribution in [0.15, 0.2) is 91.4 Å². The van der Waals surface area contributed by atoms with Crippen molar-refractivity contribution < 1.29 is 22.4 Å². The van der Waals surface area contributed by atoms with Gasteiger partial charge < -0.3 is 10.6 Å². The molecule has 2 aromatic carbocycles. The fourth-order valence-corrected chi connectivity index (χ4v) is 4.16. The molecule has 10 heteroatoms.